The van der Waals surface area contributed by atoms with Crippen LogP contribution in [-0.2, 0) is 0 Å². The molecule has 3 rings (SSSR count). The molecule has 0 saturated heterocycles. The molecule has 0 amide bonds. The van der Waals surface area contributed by atoms with Gasteiger partial charge in [-0.25, -0.2) is 19.2 Å². The lowest BCUT2D eigenvalue weighted by Gasteiger charge is -2.08. The molecule has 0 fully saturated rings. The lowest BCUT2D eigenvalue weighted by molar-refractivity contribution is 0.148. The van der Waals surface area contributed by atoms with Gasteiger partial charge >= 0.3 is 12.2 Å². The SMILES string of the molecule is CCN(C)C=Nc1nc(OC(=O)Oc2ccc3ccccc3c2)ncc1F. The van der Waals surface area contributed by atoms with Gasteiger partial charge in [0.1, 0.15) is 5.75 Å². The second kappa shape index (κ2) is 8.22. The molecule has 0 N–H and O–H groups in total. The molecule has 0 bridgehead atoms. The molecule has 8 heteroatoms. The van der Waals surface area contributed by atoms with Crippen LogP contribution in [0.1, 0.15) is 6.92 Å². The van der Waals surface area contributed by atoms with Gasteiger partial charge in [0.2, 0.25) is 0 Å². The van der Waals surface area contributed by atoms with E-state index in [1.165, 1.54) is 6.34 Å². The molecule has 0 unspecified atom stereocenters. The lowest BCUT2D eigenvalue weighted by Crippen LogP contribution is -2.16. The first kappa shape index (κ1) is 18.2. The molecule has 2 aromatic carbocycles. The number of ether oxygens (including phenoxy) is 2. The maximum Gasteiger partial charge on any atom is 0.521 e. The maximum atomic E-state index is 13.7. The average Bonchev–Trinajstić information content (AvgIpc) is 2.68. The molecule has 1 aromatic heterocycles. The molecule has 0 radical (unpaired) electrons. The van der Waals surface area contributed by atoms with E-state index in [4.69, 9.17) is 9.47 Å². The Morgan fingerprint density at radius 3 is 2.78 bits per heavy atom. The van der Waals surface area contributed by atoms with Crippen LogP contribution < -0.4 is 9.47 Å². The quantitative estimate of drug-likeness (QED) is 0.294. The Hall–Kier alpha value is -3.55. The minimum absolute atomic E-state index is 0.237. The van der Waals surface area contributed by atoms with Crippen LogP contribution in [0.2, 0.25) is 0 Å². The van der Waals surface area contributed by atoms with Crippen LogP contribution in [0.5, 0.6) is 11.8 Å². The van der Waals surface area contributed by atoms with E-state index in [0.717, 1.165) is 17.0 Å². The standard InChI is InChI=1S/C19H17FN4O3/c1-3-24(2)12-22-17-16(20)11-21-18(23-17)27-19(25)26-15-9-8-13-6-4-5-7-14(13)10-15/h4-12H,3H2,1-2H3. The summed E-state index contributed by atoms with van der Waals surface area (Å²) in [6, 6.07) is 12.5. The van der Waals surface area contributed by atoms with Gasteiger partial charge in [-0.05, 0) is 29.8 Å². The molecule has 0 aliphatic rings. The van der Waals surface area contributed by atoms with Gasteiger partial charge in [0.05, 0.1) is 12.5 Å². The highest BCUT2D eigenvalue weighted by Crippen LogP contribution is 2.21. The fraction of sp³-hybridized carbons (Fsp3) is 0.158. The Morgan fingerprint density at radius 1 is 1.22 bits per heavy atom. The molecule has 138 valence electrons. The Morgan fingerprint density at radius 2 is 2.00 bits per heavy atom. The fourth-order valence-electron chi connectivity index (χ4n) is 2.14. The van der Waals surface area contributed by atoms with E-state index in [1.54, 1.807) is 24.1 Å². The molecule has 0 aliphatic heterocycles. The highest BCUT2D eigenvalue weighted by atomic mass is 19.1. The Labute approximate surface area is 155 Å². The molecule has 1 heterocycles. The van der Waals surface area contributed by atoms with Crippen molar-refractivity contribution in [3.8, 4) is 11.8 Å². The first-order chi connectivity index (χ1) is 13.0. The monoisotopic (exact) mass is 368 g/mol. The largest absolute Gasteiger partial charge is 0.521 e. The van der Waals surface area contributed by atoms with Gasteiger partial charge in [-0.2, -0.15) is 4.98 Å². The highest BCUT2D eigenvalue weighted by Gasteiger charge is 2.13. The Balaban J connectivity index is 1.70. The zero-order valence-corrected chi connectivity index (χ0v) is 14.8. The summed E-state index contributed by atoms with van der Waals surface area (Å²) in [7, 11) is 1.78. The predicted molar refractivity (Wildman–Crippen MR) is 99.0 cm³/mol. The first-order valence-corrected chi connectivity index (χ1v) is 8.20. The van der Waals surface area contributed by atoms with Crippen LogP contribution in [0.15, 0.2) is 53.7 Å². The molecule has 7 nitrogen and oxygen atoms in total. The smallest absolute Gasteiger partial charge is 0.395 e. The third-order valence-corrected chi connectivity index (χ3v) is 3.68. The van der Waals surface area contributed by atoms with Crippen LogP contribution >= 0.6 is 0 Å². The van der Waals surface area contributed by atoms with Crippen molar-refractivity contribution in [3.63, 3.8) is 0 Å². The summed E-state index contributed by atoms with van der Waals surface area (Å²) in [6.07, 6.45) is 1.27. The Kier molecular flexibility index (Phi) is 5.55. The molecular formula is C19H17FN4O3. The number of aromatic nitrogens is 2. The van der Waals surface area contributed by atoms with Gasteiger partial charge in [0.15, 0.2) is 11.6 Å². The van der Waals surface area contributed by atoms with E-state index in [-0.39, 0.29) is 11.8 Å². The van der Waals surface area contributed by atoms with E-state index >= 15 is 0 Å². The van der Waals surface area contributed by atoms with Gasteiger partial charge in [0.25, 0.3) is 0 Å². The summed E-state index contributed by atoms with van der Waals surface area (Å²) in [5, 5.41) is 1.93. The van der Waals surface area contributed by atoms with Gasteiger partial charge in [-0.15, -0.1) is 0 Å². The van der Waals surface area contributed by atoms with E-state index in [1.807, 2.05) is 37.3 Å². The lowest BCUT2D eigenvalue weighted by atomic mass is 10.1. The third-order valence-electron chi connectivity index (χ3n) is 3.68. The van der Waals surface area contributed by atoms with Gasteiger partial charge in [0, 0.05) is 13.6 Å². The van der Waals surface area contributed by atoms with Crippen molar-refractivity contribution in [2.24, 2.45) is 4.99 Å². The van der Waals surface area contributed by atoms with Crippen molar-refractivity contribution < 1.29 is 18.7 Å². The summed E-state index contributed by atoms with van der Waals surface area (Å²) < 4.78 is 23.8. The number of halogens is 1. The van der Waals surface area contributed by atoms with Crippen molar-refractivity contribution in [3.05, 3.63) is 54.5 Å². The molecule has 0 aliphatic carbocycles. The number of benzene rings is 2. The van der Waals surface area contributed by atoms with Crippen LogP contribution in [0.3, 0.4) is 0 Å². The second-order valence-electron chi connectivity index (χ2n) is 5.61. The maximum absolute atomic E-state index is 13.7. The first-order valence-electron chi connectivity index (χ1n) is 8.20. The summed E-state index contributed by atoms with van der Waals surface area (Å²) in [4.78, 5) is 25.0. The summed E-state index contributed by atoms with van der Waals surface area (Å²) in [6.45, 7) is 2.61. The zero-order chi connectivity index (χ0) is 19.2. The molecule has 27 heavy (non-hydrogen) atoms. The summed E-state index contributed by atoms with van der Waals surface area (Å²) in [5.41, 5.74) is 0. The number of carbonyl (C=O) groups is 1. The minimum atomic E-state index is -1.03. The molecular weight excluding hydrogens is 351 g/mol. The molecule has 3 aromatic rings. The van der Waals surface area contributed by atoms with Gasteiger partial charge in [-0.1, -0.05) is 30.3 Å². The predicted octanol–water partition coefficient (Wildman–Crippen LogP) is 3.96. The second-order valence-corrected chi connectivity index (χ2v) is 5.61. The highest BCUT2D eigenvalue weighted by molar-refractivity contribution is 5.84. The number of fused-ring (bicyclic) bond motifs is 1. The number of hydrogen-bond acceptors (Lipinski definition) is 6. The third kappa shape index (κ3) is 4.75. The van der Waals surface area contributed by atoms with E-state index in [2.05, 4.69) is 15.0 Å². The molecule has 0 atom stereocenters. The zero-order valence-electron chi connectivity index (χ0n) is 14.8. The summed E-state index contributed by atoms with van der Waals surface area (Å²) in [5.74, 6) is -0.659. The number of aliphatic imine (C=N–C) groups is 1. The van der Waals surface area contributed by atoms with E-state index in [9.17, 15) is 9.18 Å². The van der Waals surface area contributed by atoms with Crippen molar-refractivity contribution >= 4 is 29.1 Å². The molecule has 0 saturated carbocycles. The van der Waals surface area contributed by atoms with E-state index in [0.29, 0.717) is 12.3 Å². The van der Waals surface area contributed by atoms with Crippen LogP contribution in [0.4, 0.5) is 15.0 Å². The topological polar surface area (TPSA) is 76.9 Å². The number of rotatable bonds is 5. The summed E-state index contributed by atoms with van der Waals surface area (Å²) >= 11 is 0. The minimum Gasteiger partial charge on any atom is -0.395 e. The van der Waals surface area contributed by atoms with Crippen molar-refractivity contribution in [2.45, 2.75) is 6.92 Å². The van der Waals surface area contributed by atoms with Crippen LogP contribution in [0.25, 0.3) is 10.8 Å². The van der Waals surface area contributed by atoms with Gasteiger partial charge in [-0.3, -0.25) is 0 Å². The van der Waals surface area contributed by atoms with Crippen molar-refractivity contribution in [2.75, 3.05) is 13.6 Å². The molecule has 0 spiro atoms. The number of hydrogen-bond donors (Lipinski definition) is 0. The van der Waals surface area contributed by atoms with Crippen LogP contribution in [0, 0.1) is 5.82 Å². The normalized spacial score (nSPS) is 10.9. The van der Waals surface area contributed by atoms with Gasteiger partial charge < -0.3 is 14.4 Å². The van der Waals surface area contributed by atoms with Crippen molar-refractivity contribution in [1.29, 1.82) is 0 Å². The average molecular weight is 368 g/mol. The fourth-order valence-corrected chi connectivity index (χ4v) is 2.14. The van der Waals surface area contributed by atoms with E-state index < -0.39 is 12.0 Å². The number of carbonyl (C=O) groups excluding carboxylic acids is 1. The Bertz CT molecular complexity index is 994. The van der Waals surface area contributed by atoms with Crippen molar-refractivity contribution in [1.82, 2.24) is 14.9 Å². The number of nitrogens with zero attached hydrogens (tertiary/aromatic N) is 4. The van der Waals surface area contributed by atoms with Crippen LogP contribution in [-0.4, -0.2) is 41.0 Å².